The number of hydrogen-bond donors (Lipinski definition) is 0. The summed E-state index contributed by atoms with van der Waals surface area (Å²) < 4.78 is 0.417. The topological polar surface area (TPSA) is 20.1 Å². The molecule has 0 aliphatic carbocycles. The largest absolute Gasteiger partial charge is 0.364 e. The van der Waals surface area contributed by atoms with E-state index < -0.39 is 0 Å². The van der Waals surface area contributed by atoms with Crippen LogP contribution in [0.4, 0.5) is 5.69 Å². The van der Waals surface area contributed by atoms with Gasteiger partial charge in [0.2, 0.25) is 5.69 Å². The highest BCUT2D eigenvalue weighted by Gasteiger charge is 1.94. The number of rotatable bonds is 1. The summed E-state index contributed by atoms with van der Waals surface area (Å²) in [6, 6.07) is 8.71. The van der Waals surface area contributed by atoms with E-state index in [2.05, 4.69) is 12.8 Å². The van der Waals surface area contributed by atoms with Gasteiger partial charge in [0.1, 0.15) is 0 Å². The zero-order chi connectivity index (χ0) is 6.69. The van der Waals surface area contributed by atoms with Gasteiger partial charge in [-0.05, 0) is 0 Å². The minimum Gasteiger partial charge on any atom is -0.364 e. The molecule has 1 rings (SSSR count). The zero-order valence-electron chi connectivity index (χ0n) is 4.65. The van der Waals surface area contributed by atoms with Crippen molar-refractivity contribution in [3.8, 4) is 0 Å². The third-order valence-electron chi connectivity index (χ3n) is 0.967. The van der Waals surface area contributed by atoms with E-state index in [0.717, 1.165) is 0 Å². The molecule has 0 radical (unpaired) electrons. The molecule has 0 aliphatic rings. The molecule has 0 N–H and O–H groups in total. The third kappa shape index (κ3) is 1.47. The molecule has 9 heavy (non-hydrogen) atoms. The first-order chi connectivity index (χ1) is 4.30. The molecule has 0 atom stereocenters. The lowest BCUT2D eigenvalue weighted by Gasteiger charge is -1.89. The summed E-state index contributed by atoms with van der Waals surface area (Å²) in [6.45, 7) is 0. The van der Waals surface area contributed by atoms with Crippen LogP contribution < -0.4 is 0 Å². The molecule has 1 aromatic carbocycles. The standard InChI is InChI=1S/C6H5NOS/c8-7(9)6-4-2-1-3-5-6/h1-5H. The number of benzene rings is 1. The molecule has 0 unspecified atom stereocenters. The lowest BCUT2D eigenvalue weighted by molar-refractivity contribution is -0.262. The summed E-state index contributed by atoms with van der Waals surface area (Å²) >= 11 is 4.32. The number of para-hydroxylation sites is 1. The van der Waals surface area contributed by atoms with Crippen molar-refractivity contribution in [1.82, 2.24) is 0 Å². The molecule has 0 fully saturated rings. The van der Waals surface area contributed by atoms with Crippen molar-refractivity contribution >= 4 is 18.5 Å². The molecule has 0 amide bonds. The predicted molar refractivity (Wildman–Crippen MR) is 37.1 cm³/mol. The summed E-state index contributed by atoms with van der Waals surface area (Å²) in [5, 5.41) is 0. The van der Waals surface area contributed by atoms with E-state index in [1.165, 1.54) is 0 Å². The van der Waals surface area contributed by atoms with Crippen molar-refractivity contribution in [1.29, 1.82) is 0 Å². The molecule has 0 bridgehead atoms. The summed E-state index contributed by atoms with van der Waals surface area (Å²) in [4.78, 5) is 10.4. The molecule has 0 aromatic heterocycles. The monoisotopic (exact) mass is 139 g/mol. The lowest BCUT2D eigenvalue weighted by Crippen LogP contribution is -1.85. The van der Waals surface area contributed by atoms with Crippen LogP contribution in [0.2, 0.25) is 0 Å². The number of hydrogen-bond acceptors (Lipinski definition) is 2. The number of nitroso groups, excluding NO2 is 1. The Bertz CT molecular complexity index is 210. The van der Waals surface area contributed by atoms with Crippen LogP contribution >= 0.6 is 0 Å². The second-order valence-corrected chi connectivity index (χ2v) is 1.92. The highest BCUT2D eigenvalue weighted by Crippen LogP contribution is 2.06. The van der Waals surface area contributed by atoms with E-state index >= 15 is 0 Å². The average Bonchev–Trinajstić information content (AvgIpc) is 1.90. The van der Waals surface area contributed by atoms with Crippen molar-refractivity contribution in [2.24, 2.45) is 0 Å². The summed E-state index contributed by atoms with van der Waals surface area (Å²) in [7, 11) is 0. The summed E-state index contributed by atoms with van der Waals surface area (Å²) in [6.07, 6.45) is 0. The highest BCUT2D eigenvalue weighted by atomic mass is 32.1. The Balaban J connectivity index is 2.98. The first-order valence-electron chi connectivity index (χ1n) is 2.50. The van der Waals surface area contributed by atoms with Crippen molar-refractivity contribution < 1.29 is 4.17 Å². The van der Waals surface area contributed by atoms with Crippen LogP contribution in [0.15, 0.2) is 30.3 Å². The first kappa shape index (κ1) is 6.16. The van der Waals surface area contributed by atoms with Crippen molar-refractivity contribution in [3.63, 3.8) is 0 Å². The molecule has 2 nitrogen and oxygen atoms in total. The molecule has 46 valence electrons. The molecular weight excluding hydrogens is 134 g/mol. The van der Waals surface area contributed by atoms with Gasteiger partial charge in [-0.2, -0.15) is 0 Å². The van der Waals surface area contributed by atoms with Crippen molar-refractivity contribution in [2.45, 2.75) is 0 Å². The second kappa shape index (κ2) is 2.55. The van der Waals surface area contributed by atoms with Gasteiger partial charge in [-0.1, -0.05) is 22.4 Å². The van der Waals surface area contributed by atoms with Crippen LogP contribution in [0.25, 0.3) is 0 Å². The normalized spacial score (nSPS) is 8.89. The Morgan fingerprint density at radius 3 is 2.11 bits per heavy atom. The van der Waals surface area contributed by atoms with Crippen LogP contribution in [-0.4, -0.2) is 4.17 Å². The van der Waals surface area contributed by atoms with Gasteiger partial charge < -0.3 is 12.8 Å². The maximum atomic E-state index is 10.4. The predicted octanol–water partition coefficient (Wildman–Crippen LogP) is 1.56. The molecule has 0 saturated carbocycles. The molecule has 0 spiro atoms. The Labute approximate surface area is 58.6 Å². The third-order valence-corrected chi connectivity index (χ3v) is 1.18. The van der Waals surface area contributed by atoms with Crippen LogP contribution in [0, 0.1) is 4.91 Å². The Morgan fingerprint density at radius 2 is 1.78 bits per heavy atom. The molecule has 0 saturated heterocycles. The smallest absolute Gasteiger partial charge is 0.237 e. The van der Waals surface area contributed by atoms with Crippen LogP contribution in [0.1, 0.15) is 0 Å². The van der Waals surface area contributed by atoms with Gasteiger partial charge in [-0.3, -0.25) is 0 Å². The van der Waals surface area contributed by atoms with E-state index in [4.69, 9.17) is 0 Å². The van der Waals surface area contributed by atoms with E-state index in [1.54, 1.807) is 24.3 Å². The molecule has 3 heteroatoms. The number of nitrogens with zero attached hydrogens (tertiary/aromatic N) is 1. The Morgan fingerprint density at radius 1 is 1.22 bits per heavy atom. The lowest BCUT2D eigenvalue weighted by atomic mass is 10.3. The van der Waals surface area contributed by atoms with Crippen molar-refractivity contribution in [2.75, 3.05) is 0 Å². The van der Waals surface area contributed by atoms with E-state index in [-0.39, 0.29) is 0 Å². The van der Waals surface area contributed by atoms with E-state index in [1.807, 2.05) is 6.07 Å². The average molecular weight is 139 g/mol. The van der Waals surface area contributed by atoms with E-state index in [0.29, 0.717) is 9.85 Å². The molecule has 0 heterocycles. The van der Waals surface area contributed by atoms with E-state index in [9.17, 15) is 4.91 Å². The van der Waals surface area contributed by atoms with Crippen LogP contribution in [0.5, 0.6) is 0 Å². The van der Waals surface area contributed by atoms with Gasteiger partial charge in [0.15, 0.2) is 0 Å². The Kier molecular flexibility index (Phi) is 1.75. The quantitative estimate of drug-likeness (QED) is 0.434. The highest BCUT2D eigenvalue weighted by molar-refractivity contribution is 7.51. The second-order valence-electron chi connectivity index (χ2n) is 1.59. The Hall–Kier alpha value is -0.960. The fraction of sp³-hybridized carbons (Fsp3) is 0. The minimum absolute atomic E-state index is 0.417. The summed E-state index contributed by atoms with van der Waals surface area (Å²) in [5.74, 6) is 0. The molecule has 0 aliphatic heterocycles. The molecule has 1 aromatic rings. The minimum atomic E-state index is 0.417. The maximum Gasteiger partial charge on any atom is 0.237 e. The van der Waals surface area contributed by atoms with Gasteiger partial charge in [0, 0.05) is 17.0 Å². The van der Waals surface area contributed by atoms with Gasteiger partial charge in [0.05, 0.1) is 0 Å². The van der Waals surface area contributed by atoms with Gasteiger partial charge in [-0.15, -0.1) is 0 Å². The van der Waals surface area contributed by atoms with Crippen LogP contribution in [-0.2, 0) is 12.8 Å². The van der Waals surface area contributed by atoms with Gasteiger partial charge >= 0.3 is 0 Å². The van der Waals surface area contributed by atoms with Gasteiger partial charge in [0.25, 0.3) is 0 Å². The first-order valence-corrected chi connectivity index (χ1v) is 2.86. The zero-order valence-corrected chi connectivity index (χ0v) is 5.47. The summed E-state index contributed by atoms with van der Waals surface area (Å²) in [5.41, 5.74) is 0.507. The van der Waals surface area contributed by atoms with Crippen LogP contribution in [0.3, 0.4) is 0 Å². The SMILES string of the molecule is O=[N+]([S-])c1ccccc1. The molecular formula is C6H5NOS. The van der Waals surface area contributed by atoms with Gasteiger partial charge in [-0.25, -0.2) is 0 Å². The fourth-order valence-electron chi connectivity index (χ4n) is 0.550. The maximum absolute atomic E-state index is 10.4. The fourth-order valence-corrected chi connectivity index (χ4v) is 0.671. The van der Waals surface area contributed by atoms with Crippen molar-refractivity contribution in [3.05, 3.63) is 35.2 Å².